The molecule has 0 aromatic carbocycles. The highest BCUT2D eigenvalue weighted by Crippen LogP contribution is 2.36. The van der Waals surface area contributed by atoms with Crippen molar-refractivity contribution in [1.29, 1.82) is 0 Å². The third kappa shape index (κ3) is 4.41. The molecule has 0 aliphatic heterocycles. The largest absolute Gasteiger partial charge is 0.277 e. The molecule has 0 unspecified atom stereocenters. The van der Waals surface area contributed by atoms with Crippen LogP contribution in [0.5, 0.6) is 0 Å². The van der Waals surface area contributed by atoms with E-state index in [1.54, 1.807) is 59.4 Å². The van der Waals surface area contributed by atoms with Crippen molar-refractivity contribution in [3.8, 4) is 0 Å². The monoisotopic (exact) mass is 608 g/mol. The minimum atomic E-state index is -0.252. The molecule has 0 aliphatic carbocycles. The van der Waals surface area contributed by atoms with Crippen LogP contribution in [0.15, 0.2) is 43.4 Å². The highest BCUT2D eigenvalue weighted by molar-refractivity contribution is 7.27. The molecule has 0 aliphatic rings. The van der Waals surface area contributed by atoms with Crippen LogP contribution in [-0.4, -0.2) is 9.13 Å². The van der Waals surface area contributed by atoms with E-state index in [2.05, 4.69) is 13.8 Å². The molecule has 0 bridgehead atoms. The Morgan fingerprint density at radius 2 is 0.850 bits per heavy atom. The van der Waals surface area contributed by atoms with E-state index in [4.69, 9.17) is 0 Å². The first-order valence-electron chi connectivity index (χ1n) is 13.4. The Morgan fingerprint density at radius 3 is 1.20 bits per heavy atom. The van der Waals surface area contributed by atoms with Crippen molar-refractivity contribution < 1.29 is 0 Å². The van der Waals surface area contributed by atoms with Crippen LogP contribution in [0.3, 0.4) is 0 Å². The van der Waals surface area contributed by atoms with Gasteiger partial charge in [-0.25, -0.2) is 0 Å². The lowest BCUT2D eigenvalue weighted by Crippen LogP contribution is -2.26. The molecular formula is C30H28N2O4S4. The molecule has 206 valence electrons. The van der Waals surface area contributed by atoms with E-state index in [9.17, 15) is 19.2 Å². The number of aromatic nitrogens is 2. The van der Waals surface area contributed by atoms with Gasteiger partial charge >= 0.3 is 0 Å². The number of aryl methyl sites for hydroxylation is 4. The highest BCUT2D eigenvalue weighted by atomic mass is 32.1. The Labute approximate surface area is 245 Å². The second kappa shape index (κ2) is 10.5. The number of nitrogens with zero attached hydrogens (tertiary/aromatic N) is 2. The van der Waals surface area contributed by atoms with E-state index in [1.807, 2.05) is 24.3 Å². The molecule has 0 radical (unpaired) electrons. The second-order valence-corrected chi connectivity index (χ2v) is 14.7. The lowest BCUT2D eigenvalue weighted by Gasteiger charge is -1.96. The molecule has 0 saturated heterocycles. The van der Waals surface area contributed by atoms with Crippen LogP contribution in [0.2, 0.25) is 0 Å². The van der Waals surface area contributed by atoms with Gasteiger partial charge < -0.3 is 0 Å². The predicted octanol–water partition coefficient (Wildman–Crippen LogP) is 6.35. The molecule has 6 aromatic heterocycles. The average molecular weight is 609 g/mol. The summed E-state index contributed by atoms with van der Waals surface area (Å²) in [6, 6.07) is 7.80. The lowest BCUT2D eigenvalue weighted by atomic mass is 10.2. The highest BCUT2D eigenvalue weighted by Gasteiger charge is 2.17. The first kappa shape index (κ1) is 27.3. The molecule has 10 heteroatoms. The number of thiophene rings is 4. The van der Waals surface area contributed by atoms with E-state index in [0.717, 1.165) is 72.0 Å². The van der Waals surface area contributed by atoms with Gasteiger partial charge in [0.1, 0.15) is 0 Å². The van der Waals surface area contributed by atoms with Gasteiger partial charge in [-0.1, -0.05) is 20.3 Å². The van der Waals surface area contributed by atoms with Crippen molar-refractivity contribution in [2.75, 3.05) is 0 Å². The molecule has 0 amide bonds. The molecule has 6 rings (SSSR count). The van der Waals surface area contributed by atoms with Gasteiger partial charge in [0.05, 0.1) is 40.3 Å². The third-order valence-corrected chi connectivity index (χ3v) is 12.6. The van der Waals surface area contributed by atoms with Crippen LogP contribution in [-0.2, 0) is 39.8 Å². The van der Waals surface area contributed by atoms with Gasteiger partial charge in [0, 0.05) is 33.6 Å². The second-order valence-electron chi connectivity index (χ2n) is 10.1. The zero-order valence-electron chi connectivity index (χ0n) is 22.7. The summed E-state index contributed by atoms with van der Waals surface area (Å²) in [5.74, 6) is 0. The number of rotatable bonds is 7. The minimum Gasteiger partial charge on any atom is -0.277 e. The molecule has 0 N–H and O–H groups in total. The maximum atomic E-state index is 13.1. The van der Waals surface area contributed by atoms with Gasteiger partial charge in [-0.2, -0.15) is 0 Å². The van der Waals surface area contributed by atoms with E-state index in [1.165, 1.54) is 14.0 Å². The summed E-state index contributed by atoms with van der Waals surface area (Å²) in [7, 11) is 3.12. The summed E-state index contributed by atoms with van der Waals surface area (Å²) in [5.41, 5.74) is -0.975. The van der Waals surface area contributed by atoms with Crippen molar-refractivity contribution >= 4 is 85.7 Å². The van der Waals surface area contributed by atoms with E-state index < -0.39 is 0 Å². The van der Waals surface area contributed by atoms with E-state index in [-0.39, 0.29) is 22.2 Å². The summed E-state index contributed by atoms with van der Waals surface area (Å²) in [6.45, 7) is 4.19. The normalized spacial score (nSPS) is 12.0. The quantitative estimate of drug-likeness (QED) is 0.212. The zero-order chi connectivity index (χ0) is 28.3. The van der Waals surface area contributed by atoms with Gasteiger partial charge in [-0.3, -0.25) is 28.3 Å². The Morgan fingerprint density at radius 1 is 0.525 bits per heavy atom. The topological polar surface area (TPSA) is 78.1 Å². The SMILES string of the molecule is CCCc1cc2c(=O)n(C)c(=O)c3cc(CCCc4cc5c(=O)n(C)c(=O)c6cc(CC)sc6c5s4)sc3c2s1. The molecule has 6 nitrogen and oxygen atoms in total. The molecule has 6 heterocycles. The van der Waals surface area contributed by atoms with E-state index in [0.29, 0.717) is 21.5 Å². The van der Waals surface area contributed by atoms with Crippen molar-refractivity contribution in [2.24, 2.45) is 14.1 Å². The number of hydrogen-bond donors (Lipinski definition) is 0. The number of hydrogen-bond acceptors (Lipinski definition) is 8. The van der Waals surface area contributed by atoms with Crippen LogP contribution >= 0.6 is 45.3 Å². The molecule has 0 spiro atoms. The standard InChI is InChI=1S/C30H28N2O4S4/c1-5-8-16-12-20-25(38-16)26-22(30(36)32(4)28(20)34)14-18(40-26)10-7-9-17-13-21-24(39-17)23-19(11-15(6-2)37-23)27(33)31(3)29(21)35/h11-14H,5-10H2,1-4H3. The first-order valence-corrected chi connectivity index (χ1v) is 16.6. The Kier molecular flexibility index (Phi) is 7.14. The Hall–Kier alpha value is -2.92. The van der Waals surface area contributed by atoms with Crippen LogP contribution < -0.4 is 22.2 Å². The maximum absolute atomic E-state index is 13.1. The summed E-state index contributed by atoms with van der Waals surface area (Å²) in [5, 5.41) is 2.46. The molecule has 0 atom stereocenters. The smallest absolute Gasteiger partial charge is 0.261 e. The molecule has 40 heavy (non-hydrogen) atoms. The van der Waals surface area contributed by atoms with Gasteiger partial charge in [-0.15, -0.1) is 45.3 Å². The van der Waals surface area contributed by atoms with Crippen LogP contribution in [0.4, 0.5) is 0 Å². The van der Waals surface area contributed by atoms with Crippen molar-refractivity contribution in [1.82, 2.24) is 9.13 Å². The molecule has 0 saturated carbocycles. The number of fused-ring (bicyclic) bond motifs is 6. The lowest BCUT2D eigenvalue weighted by molar-refractivity contribution is 0.837. The van der Waals surface area contributed by atoms with Gasteiger partial charge in [-0.05, 0) is 56.4 Å². The van der Waals surface area contributed by atoms with Crippen LogP contribution in [0, 0.1) is 0 Å². The first-order chi connectivity index (χ1) is 19.2. The summed E-state index contributed by atoms with van der Waals surface area (Å²) in [6.07, 6.45) is 5.22. The summed E-state index contributed by atoms with van der Waals surface area (Å²) < 4.78 is 6.08. The maximum Gasteiger partial charge on any atom is 0.261 e. The Balaban J connectivity index is 1.36. The van der Waals surface area contributed by atoms with Crippen LogP contribution in [0.1, 0.15) is 46.2 Å². The molecular weight excluding hydrogens is 581 g/mol. The van der Waals surface area contributed by atoms with Gasteiger partial charge in [0.2, 0.25) is 0 Å². The van der Waals surface area contributed by atoms with Gasteiger partial charge in [0.25, 0.3) is 22.2 Å². The fraction of sp³-hybridized carbons (Fsp3) is 0.333. The van der Waals surface area contributed by atoms with Gasteiger partial charge in [0.15, 0.2) is 0 Å². The average Bonchev–Trinajstić information content (AvgIpc) is 3.73. The minimum absolute atomic E-state index is 0.233. The zero-order valence-corrected chi connectivity index (χ0v) is 26.0. The Bertz CT molecular complexity index is 2210. The predicted molar refractivity (Wildman–Crippen MR) is 173 cm³/mol. The van der Waals surface area contributed by atoms with Crippen molar-refractivity contribution in [2.45, 2.75) is 52.4 Å². The van der Waals surface area contributed by atoms with Crippen LogP contribution in [0.25, 0.3) is 40.3 Å². The molecule has 0 fully saturated rings. The van der Waals surface area contributed by atoms with Crippen molar-refractivity contribution in [3.63, 3.8) is 0 Å². The van der Waals surface area contributed by atoms with E-state index >= 15 is 0 Å². The molecule has 6 aromatic rings. The van der Waals surface area contributed by atoms with Crippen molar-refractivity contribution in [3.05, 3.63) is 85.2 Å². The summed E-state index contributed by atoms with van der Waals surface area (Å²) in [4.78, 5) is 56.7. The summed E-state index contributed by atoms with van der Waals surface area (Å²) >= 11 is 6.44. The third-order valence-electron chi connectivity index (χ3n) is 7.38. The fourth-order valence-corrected chi connectivity index (χ4v) is 10.2. The fourth-order valence-electron chi connectivity index (χ4n) is 5.21.